The molecule has 1 aliphatic heterocycles. The highest BCUT2D eigenvalue weighted by Gasteiger charge is 2.33. The van der Waals surface area contributed by atoms with Crippen molar-refractivity contribution in [2.45, 2.75) is 12.8 Å². The largest absolute Gasteiger partial charge is 0.504 e. The van der Waals surface area contributed by atoms with E-state index in [1.165, 1.54) is 12.0 Å². The lowest BCUT2D eigenvalue weighted by atomic mass is 9.90. The molecule has 1 amide bonds. The minimum Gasteiger partial charge on any atom is -0.504 e. The maximum Gasteiger partial charge on any atom is 0.407 e. The molecular formula is C13H17NO4. The summed E-state index contributed by atoms with van der Waals surface area (Å²) < 4.78 is 4.99. The number of carbonyl (C=O) groups is 1. The van der Waals surface area contributed by atoms with Gasteiger partial charge in [0.2, 0.25) is 0 Å². The average molecular weight is 251 g/mol. The second-order valence-corrected chi connectivity index (χ2v) is 4.70. The van der Waals surface area contributed by atoms with E-state index in [4.69, 9.17) is 9.84 Å². The molecule has 98 valence electrons. The predicted octanol–water partition coefficient (Wildman–Crippen LogP) is 2.11. The summed E-state index contributed by atoms with van der Waals surface area (Å²) >= 11 is 0. The molecule has 2 atom stereocenters. The smallest absolute Gasteiger partial charge is 0.407 e. The number of phenolic OH excluding ortho intramolecular Hbond substituents is 1. The van der Waals surface area contributed by atoms with Crippen LogP contribution in [0.25, 0.3) is 0 Å². The second-order valence-electron chi connectivity index (χ2n) is 4.70. The molecule has 0 bridgehead atoms. The Morgan fingerprint density at radius 2 is 2.17 bits per heavy atom. The second kappa shape index (κ2) is 4.76. The Balaban J connectivity index is 2.22. The van der Waals surface area contributed by atoms with Crippen LogP contribution < -0.4 is 4.74 Å². The van der Waals surface area contributed by atoms with Crippen LogP contribution in [0.3, 0.4) is 0 Å². The van der Waals surface area contributed by atoms with Gasteiger partial charge in [0, 0.05) is 19.0 Å². The lowest BCUT2D eigenvalue weighted by Gasteiger charge is -2.15. The molecule has 18 heavy (non-hydrogen) atoms. The van der Waals surface area contributed by atoms with Crippen LogP contribution in [0.15, 0.2) is 18.2 Å². The van der Waals surface area contributed by atoms with Gasteiger partial charge in [0.1, 0.15) is 0 Å². The first-order valence-electron chi connectivity index (χ1n) is 5.87. The van der Waals surface area contributed by atoms with Gasteiger partial charge in [-0.05, 0) is 23.6 Å². The summed E-state index contributed by atoms with van der Waals surface area (Å²) in [6, 6.07) is 5.25. The van der Waals surface area contributed by atoms with Crippen molar-refractivity contribution in [3.05, 3.63) is 23.8 Å². The molecule has 1 fully saturated rings. The molecule has 2 N–H and O–H groups in total. The third-order valence-electron chi connectivity index (χ3n) is 3.51. The summed E-state index contributed by atoms with van der Waals surface area (Å²) in [5.41, 5.74) is 0.949. The fraction of sp³-hybridized carbons (Fsp3) is 0.462. The maximum absolute atomic E-state index is 10.9. The molecule has 0 spiro atoms. The lowest BCUT2D eigenvalue weighted by Crippen LogP contribution is -2.26. The Bertz CT molecular complexity index is 460. The molecule has 0 unspecified atom stereocenters. The highest BCUT2D eigenvalue weighted by molar-refractivity contribution is 5.65. The van der Waals surface area contributed by atoms with Crippen LogP contribution in [0.2, 0.25) is 0 Å². The van der Waals surface area contributed by atoms with E-state index >= 15 is 0 Å². The predicted molar refractivity (Wildman–Crippen MR) is 66.2 cm³/mol. The van der Waals surface area contributed by atoms with Gasteiger partial charge in [-0.15, -0.1) is 0 Å². The summed E-state index contributed by atoms with van der Waals surface area (Å²) in [6.07, 6.45) is -0.887. The van der Waals surface area contributed by atoms with Crippen LogP contribution >= 0.6 is 0 Å². The molecule has 0 aliphatic carbocycles. The number of nitrogens with zero attached hydrogens (tertiary/aromatic N) is 1. The van der Waals surface area contributed by atoms with Crippen LogP contribution in [0, 0.1) is 5.92 Å². The molecule has 1 aromatic rings. The molecule has 0 saturated carbocycles. The van der Waals surface area contributed by atoms with Crippen LogP contribution in [0.5, 0.6) is 11.5 Å². The SMILES string of the molecule is COc1ccc([C@H]2CN(C(=O)O)C[C@H]2C)cc1O. The molecule has 2 rings (SSSR count). The van der Waals surface area contributed by atoms with Crippen LogP contribution in [0.4, 0.5) is 4.79 Å². The van der Waals surface area contributed by atoms with Gasteiger partial charge >= 0.3 is 6.09 Å². The summed E-state index contributed by atoms with van der Waals surface area (Å²) in [6.45, 7) is 3.03. The Morgan fingerprint density at radius 1 is 1.44 bits per heavy atom. The van der Waals surface area contributed by atoms with Crippen molar-refractivity contribution in [1.29, 1.82) is 0 Å². The molecule has 5 nitrogen and oxygen atoms in total. The van der Waals surface area contributed by atoms with Gasteiger partial charge in [0.05, 0.1) is 7.11 Å². The van der Waals surface area contributed by atoms with Gasteiger partial charge in [-0.25, -0.2) is 4.79 Å². The van der Waals surface area contributed by atoms with E-state index in [1.807, 2.05) is 13.0 Å². The number of amides is 1. The summed E-state index contributed by atoms with van der Waals surface area (Å²) in [4.78, 5) is 12.4. The normalized spacial score (nSPS) is 23.1. The Hall–Kier alpha value is -1.91. The summed E-state index contributed by atoms with van der Waals surface area (Å²) in [5.74, 6) is 0.891. The van der Waals surface area contributed by atoms with Crippen molar-refractivity contribution >= 4 is 6.09 Å². The molecular weight excluding hydrogens is 234 g/mol. The molecule has 5 heteroatoms. The molecule has 1 heterocycles. The zero-order chi connectivity index (χ0) is 13.3. The van der Waals surface area contributed by atoms with E-state index in [-0.39, 0.29) is 17.6 Å². The number of hydrogen-bond acceptors (Lipinski definition) is 3. The highest BCUT2D eigenvalue weighted by Crippen LogP contribution is 2.36. The van der Waals surface area contributed by atoms with Crippen molar-refractivity contribution in [3.8, 4) is 11.5 Å². The maximum atomic E-state index is 10.9. The number of hydrogen-bond donors (Lipinski definition) is 2. The van der Waals surface area contributed by atoms with E-state index in [1.54, 1.807) is 12.1 Å². The van der Waals surface area contributed by atoms with E-state index < -0.39 is 6.09 Å². The topological polar surface area (TPSA) is 70.0 Å². The van der Waals surface area contributed by atoms with Gasteiger partial charge in [-0.2, -0.15) is 0 Å². The van der Waals surface area contributed by atoms with Gasteiger partial charge in [-0.1, -0.05) is 13.0 Å². The molecule has 1 aromatic carbocycles. The Morgan fingerprint density at radius 3 is 2.67 bits per heavy atom. The van der Waals surface area contributed by atoms with Gasteiger partial charge in [-0.3, -0.25) is 0 Å². The standard InChI is InChI=1S/C13H17NO4/c1-8-6-14(13(16)17)7-10(8)9-3-4-12(18-2)11(15)5-9/h3-5,8,10,15H,6-7H2,1-2H3,(H,16,17)/t8-,10+/m1/s1. The number of benzene rings is 1. The van der Waals surface area contributed by atoms with E-state index in [2.05, 4.69) is 0 Å². The fourth-order valence-electron chi connectivity index (χ4n) is 2.49. The zero-order valence-corrected chi connectivity index (χ0v) is 10.5. The minimum atomic E-state index is -0.887. The van der Waals surface area contributed by atoms with Crippen LogP contribution in [-0.4, -0.2) is 41.4 Å². The highest BCUT2D eigenvalue weighted by atomic mass is 16.5. The van der Waals surface area contributed by atoms with E-state index in [0.717, 1.165) is 5.56 Å². The third kappa shape index (κ3) is 2.20. The number of phenols is 1. The monoisotopic (exact) mass is 251 g/mol. The first-order valence-corrected chi connectivity index (χ1v) is 5.87. The van der Waals surface area contributed by atoms with Crippen molar-refractivity contribution in [2.75, 3.05) is 20.2 Å². The van der Waals surface area contributed by atoms with Crippen LogP contribution in [-0.2, 0) is 0 Å². The van der Waals surface area contributed by atoms with Crippen LogP contribution in [0.1, 0.15) is 18.4 Å². The molecule has 1 aliphatic rings. The Labute approximate surface area is 106 Å². The number of aromatic hydroxyl groups is 1. The van der Waals surface area contributed by atoms with Crippen molar-refractivity contribution < 1.29 is 19.7 Å². The Kier molecular flexibility index (Phi) is 3.32. The zero-order valence-electron chi connectivity index (χ0n) is 10.5. The number of methoxy groups -OCH3 is 1. The number of carboxylic acid groups (broad SMARTS) is 1. The number of ether oxygens (including phenoxy) is 1. The van der Waals surface area contributed by atoms with Gasteiger partial charge in [0.25, 0.3) is 0 Å². The summed E-state index contributed by atoms with van der Waals surface area (Å²) in [5, 5.41) is 18.7. The van der Waals surface area contributed by atoms with Crippen molar-refractivity contribution in [3.63, 3.8) is 0 Å². The third-order valence-corrected chi connectivity index (χ3v) is 3.51. The van der Waals surface area contributed by atoms with Crippen molar-refractivity contribution in [1.82, 2.24) is 4.90 Å². The first-order chi connectivity index (χ1) is 8.52. The fourth-order valence-corrected chi connectivity index (χ4v) is 2.49. The first kappa shape index (κ1) is 12.5. The quantitative estimate of drug-likeness (QED) is 0.844. The number of rotatable bonds is 2. The van der Waals surface area contributed by atoms with Gasteiger partial charge in [0.15, 0.2) is 11.5 Å². The molecule has 1 saturated heterocycles. The van der Waals surface area contributed by atoms with E-state index in [9.17, 15) is 9.90 Å². The lowest BCUT2D eigenvalue weighted by molar-refractivity contribution is 0.154. The summed E-state index contributed by atoms with van der Waals surface area (Å²) in [7, 11) is 1.50. The minimum absolute atomic E-state index is 0.0935. The van der Waals surface area contributed by atoms with Gasteiger partial charge < -0.3 is 19.8 Å². The van der Waals surface area contributed by atoms with Crippen molar-refractivity contribution in [2.24, 2.45) is 5.92 Å². The molecule has 0 radical (unpaired) electrons. The average Bonchev–Trinajstić information content (AvgIpc) is 2.71. The van der Waals surface area contributed by atoms with E-state index in [0.29, 0.717) is 18.8 Å². The number of likely N-dealkylation sites (tertiary alicyclic amines) is 1. The molecule has 0 aromatic heterocycles.